The van der Waals surface area contributed by atoms with Crippen molar-refractivity contribution in [2.75, 3.05) is 26.4 Å². The highest BCUT2D eigenvalue weighted by molar-refractivity contribution is 5.76. The third kappa shape index (κ3) is 34.9. The van der Waals surface area contributed by atoms with Crippen LogP contribution in [0.2, 0.25) is 0 Å². The highest BCUT2D eigenvalue weighted by Crippen LogP contribution is 2.33. The minimum absolute atomic E-state index is 0.234. The topological polar surface area (TPSA) is 307 Å². The van der Waals surface area contributed by atoms with Crippen LogP contribution in [0.15, 0.2) is 0 Å². The molecule has 0 saturated carbocycles. The average molecular weight is 1280 g/mol. The Kier molecular flexibility index (Phi) is 48.8. The summed E-state index contributed by atoms with van der Waals surface area (Å²) in [7, 11) is 0. The number of aliphatic hydroxyl groups is 11. The fourth-order valence-corrected chi connectivity index (χ4v) is 13.0. The van der Waals surface area contributed by atoms with Crippen LogP contribution >= 0.6 is 0 Å². The van der Waals surface area contributed by atoms with Gasteiger partial charge in [-0.1, -0.05) is 290 Å². The fourth-order valence-electron chi connectivity index (χ4n) is 13.0. The lowest BCUT2D eigenvalue weighted by atomic mass is 9.96. The van der Waals surface area contributed by atoms with Crippen molar-refractivity contribution in [3.63, 3.8) is 0 Å². The zero-order valence-electron chi connectivity index (χ0n) is 55.9. The van der Waals surface area contributed by atoms with Gasteiger partial charge in [0.15, 0.2) is 18.9 Å². The van der Waals surface area contributed by atoms with Crippen molar-refractivity contribution >= 4 is 5.91 Å². The minimum atomic E-state index is -1.97. The van der Waals surface area contributed by atoms with Gasteiger partial charge in [0.2, 0.25) is 5.91 Å². The van der Waals surface area contributed by atoms with Gasteiger partial charge in [-0.25, -0.2) is 0 Å². The molecule has 0 aromatic heterocycles. The van der Waals surface area contributed by atoms with E-state index < -0.39 is 124 Å². The Hall–Kier alpha value is -1.21. The molecular formula is C70H135NO18. The molecule has 19 nitrogen and oxygen atoms in total. The van der Waals surface area contributed by atoms with Crippen molar-refractivity contribution in [2.45, 2.75) is 413 Å². The van der Waals surface area contributed by atoms with Crippen LogP contribution in [0.5, 0.6) is 0 Å². The van der Waals surface area contributed by atoms with Gasteiger partial charge in [0.25, 0.3) is 0 Å². The van der Waals surface area contributed by atoms with Gasteiger partial charge in [-0.3, -0.25) is 4.79 Å². The van der Waals surface area contributed by atoms with Crippen LogP contribution in [0.25, 0.3) is 0 Å². The molecule has 0 aliphatic carbocycles. The Morgan fingerprint density at radius 3 is 0.978 bits per heavy atom. The van der Waals surface area contributed by atoms with E-state index in [9.17, 15) is 61.0 Å². The summed E-state index contributed by atoms with van der Waals surface area (Å²) in [6.07, 6.45) is 30.3. The number of aliphatic hydroxyl groups excluding tert-OH is 11. The van der Waals surface area contributed by atoms with Gasteiger partial charge in [0.05, 0.1) is 38.6 Å². The maximum atomic E-state index is 13.4. The van der Waals surface area contributed by atoms with Gasteiger partial charge in [0, 0.05) is 6.42 Å². The Morgan fingerprint density at radius 2 is 0.640 bits per heavy atom. The van der Waals surface area contributed by atoms with E-state index in [1.165, 1.54) is 231 Å². The quantitative estimate of drug-likeness (QED) is 0.0252. The lowest BCUT2D eigenvalue weighted by molar-refractivity contribution is -0.379. The second-order valence-corrected chi connectivity index (χ2v) is 26.8. The van der Waals surface area contributed by atoms with E-state index in [0.29, 0.717) is 12.8 Å². The molecule has 3 saturated heterocycles. The second kappa shape index (κ2) is 53.0. The fraction of sp³-hybridized carbons (Fsp3) is 0.986. The van der Waals surface area contributed by atoms with Crippen molar-refractivity contribution in [2.24, 2.45) is 0 Å². The number of hydrogen-bond acceptors (Lipinski definition) is 18. The maximum Gasteiger partial charge on any atom is 0.220 e. The number of amides is 1. The van der Waals surface area contributed by atoms with E-state index in [1.807, 2.05) is 0 Å². The monoisotopic (exact) mass is 1280 g/mol. The zero-order chi connectivity index (χ0) is 64.7. The number of nitrogens with one attached hydrogen (secondary N) is 1. The zero-order valence-corrected chi connectivity index (χ0v) is 55.9. The van der Waals surface area contributed by atoms with Gasteiger partial charge in [-0.2, -0.15) is 0 Å². The van der Waals surface area contributed by atoms with Gasteiger partial charge in [-0.15, -0.1) is 0 Å². The highest BCUT2D eigenvalue weighted by Gasteiger charge is 2.53. The first-order valence-corrected chi connectivity index (χ1v) is 36.8. The summed E-state index contributed by atoms with van der Waals surface area (Å²) in [5.41, 5.74) is 0. The molecule has 3 heterocycles. The van der Waals surface area contributed by atoms with E-state index in [1.54, 1.807) is 0 Å². The van der Waals surface area contributed by atoms with Crippen molar-refractivity contribution in [3.8, 4) is 0 Å². The number of unbranched alkanes of at least 4 members (excludes halogenated alkanes) is 42. The van der Waals surface area contributed by atoms with E-state index in [2.05, 4.69) is 19.2 Å². The van der Waals surface area contributed by atoms with E-state index >= 15 is 0 Å². The van der Waals surface area contributed by atoms with Crippen LogP contribution in [-0.2, 0) is 33.2 Å². The maximum absolute atomic E-state index is 13.4. The number of carbonyl (C=O) groups excluding carboxylic acids is 1. The Bertz CT molecular complexity index is 1620. The molecule has 17 unspecified atom stereocenters. The van der Waals surface area contributed by atoms with E-state index in [4.69, 9.17) is 28.4 Å². The lowest BCUT2D eigenvalue weighted by Crippen LogP contribution is -2.66. The van der Waals surface area contributed by atoms with Crippen molar-refractivity contribution in [3.05, 3.63) is 0 Å². The molecule has 19 heteroatoms. The summed E-state index contributed by atoms with van der Waals surface area (Å²) < 4.78 is 34.5. The Labute approximate surface area is 538 Å². The normalized spacial score (nSPS) is 28.1. The Morgan fingerprint density at radius 1 is 0.360 bits per heavy atom. The largest absolute Gasteiger partial charge is 0.394 e. The minimum Gasteiger partial charge on any atom is -0.394 e. The molecule has 89 heavy (non-hydrogen) atoms. The lowest BCUT2D eigenvalue weighted by Gasteiger charge is -2.48. The summed E-state index contributed by atoms with van der Waals surface area (Å²) in [5.74, 6) is -0.234. The predicted molar refractivity (Wildman–Crippen MR) is 347 cm³/mol. The Balaban J connectivity index is 1.41. The molecule has 0 radical (unpaired) electrons. The summed E-state index contributed by atoms with van der Waals surface area (Å²) in [4.78, 5) is 13.4. The van der Waals surface area contributed by atoms with Crippen LogP contribution < -0.4 is 5.32 Å². The molecule has 3 aliphatic heterocycles. The summed E-state index contributed by atoms with van der Waals surface area (Å²) in [6.45, 7) is 1.86. The smallest absolute Gasteiger partial charge is 0.220 e. The van der Waals surface area contributed by atoms with Crippen LogP contribution in [0.4, 0.5) is 0 Å². The first kappa shape index (κ1) is 82.0. The van der Waals surface area contributed by atoms with Crippen LogP contribution in [0.3, 0.4) is 0 Å². The van der Waals surface area contributed by atoms with Gasteiger partial charge in [0.1, 0.15) is 73.2 Å². The highest BCUT2D eigenvalue weighted by atomic mass is 16.8. The van der Waals surface area contributed by atoms with Gasteiger partial charge >= 0.3 is 0 Å². The number of hydrogen-bond donors (Lipinski definition) is 12. The standard InChI is InChI=1S/C70H135NO18/c1-3-5-7-9-11-13-15-17-19-21-23-25-26-28-30-32-34-36-38-40-42-44-46-48-58(76)71-53(54(75)47-45-43-41-39-37-35-33-31-29-27-24-22-20-18-16-14-12-10-8-6-4-2)52-84-68-64(82)61(79)66(56(50-73)86-68)89-70-65(83)62(80)67(57(51-74)87-70)88-69-63(81)60(78)59(77)55(49-72)85-69/h53-57,59-70,72-75,77-83H,3-52H2,1-2H3,(H,71,76). The number of carbonyl (C=O) groups is 1. The molecule has 3 rings (SSSR count). The van der Waals surface area contributed by atoms with Crippen LogP contribution in [0, 0.1) is 0 Å². The molecule has 528 valence electrons. The van der Waals surface area contributed by atoms with E-state index in [-0.39, 0.29) is 18.9 Å². The second-order valence-electron chi connectivity index (χ2n) is 26.8. The molecule has 0 aromatic carbocycles. The van der Waals surface area contributed by atoms with E-state index in [0.717, 1.165) is 44.9 Å². The third-order valence-corrected chi connectivity index (χ3v) is 18.9. The van der Waals surface area contributed by atoms with Gasteiger partial charge < -0.3 is 89.9 Å². The number of ether oxygens (including phenoxy) is 6. The SMILES string of the molecule is CCCCCCCCCCCCCCCCCCCCCCCCCC(=O)NC(COC1OC(CO)C(OC2OC(CO)C(OC3OC(CO)C(O)C(O)C3O)C(O)C2O)C(O)C1O)C(O)CCCCCCCCCCCCCCCCCCCCCCC. The average Bonchev–Trinajstić information content (AvgIpc) is 2.09. The molecule has 0 spiro atoms. The first-order valence-electron chi connectivity index (χ1n) is 36.8. The molecule has 3 aliphatic rings. The van der Waals surface area contributed by atoms with Crippen molar-refractivity contribution in [1.82, 2.24) is 5.32 Å². The molecule has 17 atom stereocenters. The number of rotatable bonds is 58. The molecule has 1 amide bonds. The van der Waals surface area contributed by atoms with Crippen LogP contribution in [0.1, 0.15) is 309 Å². The summed E-state index contributed by atoms with van der Waals surface area (Å²) >= 11 is 0. The molecular weight excluding hydrogens is 1140 g/mol. The first-order chi connectivity index (χ1) is 43.3. The van der Waals surface area contributed by atoms with Gasteiger partial charge in [-0.05, 0) is 12.8 Å². The summed E-state index contributed by atoms with van der Waals surface area (Å²) in [6, 6.07) is -0.882. The van der Waals surface area contributed by atoms with Crippen LogP contribution in [-0.4, -0.2) is 193 Å². The molecule has 3 fully saturated rings. The van der Waals surface area contributed by atoms with Crippen molar-refractivity contribution in [1.29, 1.82) is 0 Å². The molecule has 0 bridgehead atoms. The van der Waals surface area contributed by atoms with Crippen molar-refractivity contribution < 1.29 is 89.4 Å². The molecule has 0 aromatic rings. The summed E-state index contributed by atoms with van der Waals surface area (Å²) in [5, 5.41) is 121. The molecule has 12 N–H and O–H groups in total. The third-order valence-electron chi connectivity index (χ3n) is 18.9. The predicted octanol–water partition coefficient (Wildman–Crippen LogP) is 10.3.